The standard InChI is InChI=1S/C19H23BrN2O2/c1-3-24-18(23)15-5-4-9-22-10-8-13-14-11-12(20)6-7-16(14)21-17(13)19(15,22)2/h6-7,11,15,21H,3-5,8-10H2,1-2H3. The fourth-order valence-corrected chi connectivity index (χ4v) is 5.01. The van der Waals surface area contributed by atoms with E-state index in [9.17, 15) is 4.79 Å². The highest BCUT2D eigenvalue weighted by atomic mass is 79.9. The molecule has 0 spiro atoms. The number of benzene rings is 1. The molecule has 4 rings (SSSR count). The van der Waals surface area contributed by atoms with Gasteiger partial charge < -0.3 is 9.72 Å². The predicted molar refractivity (Wildman–Crippen MR) is 98.0 cm³/mol. The number of halogens is 1. The van der Waals surface area contributed by atoms with Crippen molar-refractivity contribution in [1.29, 1.82) is 0 Å². The summed E-state index contributed by atoms with van der Waals surface area (Å²) in [5.41, 5.74) is 3.42. The summed E-state index contributed by atoms with van der Waals surface area (Å²) >= 11 is 3.58. The summed E-state index contributed by atoms with van der Waals surface area (Å²) in [6.07, 6.45) is 2.97. The number of hydrogen-bond acceptors (Lipinski definition) is 3. The summed E-state index contributed by atoms with van der Waals surface area (Å²) in [4.78, 5) is 18.8. The van der Waals surface area contributed by atoms with E-state index in [2.05, 4.69) is 50.9 Å². The number of hydrogen-bond donors (Lipinski definition) is 1. The molecule has 3 heterocycles. The summed E-state index contributed by atoms with van der Waals surface area (Å²) in [5, 5.41) is 1.27. The number of ether oxygens (including phenoxy) is 1. The molecule has 0 aliphatic carbocycles. The van der Waals surface area contributed by atoms with E-state index in [0.29, 0.717) is 6.61 Å². The van der Waals surface area contributed by atoms with Crippen molar-refractivity contribution in [3.63, 3.8) is 0 Å². The van der Waals surface area contributed by atoms with Crippen molar-refractivity contribution in [2.75, 3.05) is 19.7 Å². The monoisotopic (exact) mass is 390 g/mol. The number of fused-ring (bicyclic) bond motifs is 5. The van der Waals surface area contributed by atoms with Gasteiger partial charge in [0.05, 0.1) is 18.1 Å². The van der Waals surface area contributed by atoms with Crippen molar-refractivity contribution >= 4 is 32.8 Å². The zero-order valence-electron chi connectivity index (χ0n) is 14.2. The van der Waals surface area contributed by atoms with Crippen molar-refractivity contribution in [3.05, 3.63) is 33.9 Å². The van der Waals surface area contributed by atoms with Crippen molar-refractivity contribution in [2.24, 2.45) is 5.92 Å². The zero-order chi connectivity index (χ0) is 16.9. The number of piperidine rings is 1. The van der Waals surface area contributed by atoms with E-state index in [4.69, 9.17) is 4.74 Å². The van der Waals surface area contributed by atoms with Crippen LogP contribution in [0.1, 0.15) is 37.9 Å². The molecule has 0 saturated carbocycles. The molecule has 2 unspecified atom stereocenters. The van der Waals surface area contributed by atoms with E-state index in [-0.39, 0.29) is 17.4 Å². The van der Waals surface area contributed by atoms with Gasteiger partial charge in [-0.05, 0) is 63.4 Å². The number of nitrogens with one attached hydrogen (secondary N) is 1. The number of esters is 1. The fraction of sp³-hybridized carbons (Fsp3) is 0.526. The lowest BCUT2D eigenvalue weighted by Crippen LogP contribution is -2.58. The van der Waals surface area contributed by atoms with E-state index < -0.39 is 0 Å². The molecular formula is C19H23BrN2O2. The second-order valence-electron chi connectivity index (χ2n) is 7.00. The van der Waals surface area contributed by atoms with Gasteiger partial charge in [0, 0.05) is 27.6 Å². The maximum atomic E-state index is 12.7. The highest BCUT2D eigenvalue weighted by Crippen LogP contribution is 2.47. The second-order valence-corrected chi connectivity index (χ2v) is 7.92. The summed E-state index contributed by atoms with van der Waals surface area (Å²) in [6, 6.07) is 6.37. The van der Waals surface area contributed by atoms with Crippen LogP contribution in [0, 0.1) is 5.92 Å². The van der Waals surface area contributed by atoms with Gasteiger partial charge in [-0.1, -0.05) is 15.9 Å². The summed E-state index contributed by atoms with van der Waals surface area (Å²) in [5.74, 6) is -0.167. The van der Waals surface area contributed by atoms with Gasteiger partial charge in [-0.2, -0.15) is 0 Å². The van der Waals surface area contributed by atoms with E-state index >= 15 is 0 Å². The Labute approximate surface area is 150 Å². The summed E-state index contributed by atoms with van der Waals surface area (Å²) in [7, 11) is 0. The molecule has 5 heteroatoms. The molecular weight excluding hydrogens is 368 g/mol. The lowest BCUT2D eigenvalue weighted by Gasteiger charge is -2.51. The molecule has 2 aliphatic rings. The van der Waals surface area contributed by atoms with Crippen LogP contribution in [0.25, 0.3) is 10.9 Å². The molecule has 1 N–H and O–H groups in total. The normalized spacial score (nSPS) is 26.9. The van der Waals surface area contributed by atoms with Crippen molar-refractivity contribution in [2.45, 2.75) is 38.6 Å². The minimum atomic E-state index is -0.302. The van der Waals surface area contributed by atoms with Crippen LogP contribution in [0.3, 0.4) is 0 Å². The first-order valence-electron chi connectivity index (χ1n) is 8.78. The quantitative estimate of drug-likeness (QED) is 0.788. The topological polar surface area (TPSA) is 45.3 Å². The molecule has 0 bridgehead atoms. The Morgan fingerprint density at radius 1 is 1.46 bits per heavy atom. The molecule has 24 heavy (non-hydrogen) atoms. The Morgan fingerprint density at radius 3 is 3.08 bits per heavy atom. The Bertz CT molecular complexity index is 800. The molecule has 1 aromatic heterocycles. The van der Waals surface area contributed by atoms with Gasteiger partial charge in [-0.15, -0.1) is 0 Å². The average molecular weight is 391 g/mol. The molecule has 1 fully saturated rings. The summed E-state index contributed by atoms with van der Waals surface area (Å²) in [6.45, 7) is 6.59. The van der Waals surface area contributed by atoms with Crippen molar-refractivity contribution in [1.82, 2.24) is 9.88 Å². The Morgan fingerprint density at radius 2 is 2.29 bits per heavy atom. The van der Waals surface area contributed by atoms with Crippen LogP contribution in [0.2, 0.25) is 0 Å². The number of rotatable bonds is 2. The molecule has 1 saturated heterocycles. The highest BCUT2D eigenvalue weighted by Gasteiger charge is 2.51. The highest BCUT2D eigenvalue weighted by molar-refractivity contribution is 9.10. The van der Waals surface area contributed by atoms with Crippen LogP contribution in [0.4, 0.5) is 0 Å². The number of aromatic amines is 1. The van der Waals surface area contributed by atoms with Gasteiger partial charge in [0.1, 0.15) is 0 Å². The molecule has 2 atom stereocenters. The first-order valence-corrected chi connectivity index (χ1v) is 9.57. The number of carbonyl (C=O) groups is 1. The number of H-pyrrole nitrogens is 1. The van der Waals surface area contributed by atoms with Gasteiger partial charge in [-0.3, -0.25) is 9.69 Å². The van der Waals surface area contributed by atoms with Gasteiger partial charge >= 0.3 is 5.97 Å². The SMILES string of the molecule is CCOC(=O)C1CCCN2CCc3c([nH]c4ccc(Br)cc34)C12C. The third kappa shape index (κ3) is 2.25. The van der Waals surface area contributed by atoms with Crippen LogP contribution in [0.5, 0.6) is 0 Å². The van der Waals surface area contributed by atoms with E-state index in [1.54, 1.807) is 0 Å². The van der Waals surface area contributed by atoms with Crippen molar-refractivity contribution in [3.8, 4) is 0 Å². The summed E-state index contributed by atoms with van der Waals surface area (Å²) < 4.78 is 6.51. The van der Waals surface area contributed by atoms with Crippen molar-refractivity contribution < 1.29 is 9.53 Å². The number of carbonyl (C=O) groups excluding carboxylic acids is 1. The number of aromatic nitrogens is 1. The molecule has 1 aromatic carbocycles. The molecule has 0 amide bonds. The molecule has 2 aliphatic heterocycles. The first kappa shape index (κ1) is 16.2. The molecule has 4 nitrogen and oxygen atoms in total. The Kier molecular flexibility index (Phi) is 3.96. The first-order chi connectivity index (χ1) is 11.6. The minimum absolute atomic E-state index is 0.0580. The van der Waals surface area contributed by atoms with Gasteiger partial charge in [0.15, 0.2) is 0 Å². The van der Waals surface area contributed by atoms with E-state index in [1.807, 2.05) is 6.92 Å². The van der Waals surface area contributed by atoms with E-state index in [0.717, 1.165) is 42.3 Å². The Balaban J connectivity index is 1.88. The van der Waals surface area contributed by atoms with Crippen LogP contribution < -0.4 is 0 Å². The van der Waals surface area contributed by atoms with Crippen LogP contribution in [-0.4, -0.2) is 35.5 Å². The maximum absolute atomic E-state index is 12.7. The van der Waals surface area contributed by atoms with Gasteiger partial charge in [0.2, 0.25) is 0 Å². The Hall–Kier alpha value is -1.33. The third-order valence-electron chi connectivity index (χ3n) is 5.83. The number of nitrogens with zero attached hydrogens (tertiary/aromatic N) is 1. The maximum Gasteiger partial charge on any atom is 0.311 e. The zero-order valence-corrected chi connectivity index (χ0v) is 15.8. The van der Waals surface area contributed by atoms with Crippen LogP contribution in [-0.2, 0) is 21.5 Å². The average Bonchev–Trinajstić information content (AvgIpc) is 2.93. The fourth-order valence-electron chi connectivity index (χ4n) is 4.64. The third-order valence-corrected chi connectivity index (χ3v) is 6.33. The van der Waals surface area contributed by atoms with Crippen LogP contribution in [0.15, 0.2) is 22.7 Å². The minimum Gasteiger partial charge on any atom is -0.466 e. The molecule has 128 valence electrons. The van der Waals surface area contributed by atoms with Gasteiger partial charge in [-0.25, -0.2) is 0 Å². The second kappa shape index (κ2) is 5.88. The smallest absolute Gasteiger partial charge is 0.311 e. The van der Waals surface area contributed by atoms with Crippen LogP contribution >= 0.6 is 15.9 Å². The molecule has 2 aromatic rings. The largest absolute Gasteiger partial charge is 0.466 e. The molecule has 0 radical (unpaired) electrons. The predicted octanol–water partition coefficient (Wildman–Crippen LogP) is 3.98. The lowest BCUT2D eigenvalue weighted by atomic mass is 9.72. The van der Waals surface area contributed by atoms with Gasteiger partial charge in [0.25, 0.3) is 0 Å². The van der Waals surface area contributed by atoms with E-state index in [1.165, 1.54) is 16.6 Å². The lowest BCUT2D eigenvalue weighted by molar-refractivity contribution is -0.158.